The van der Waals surface area contributed by atoms with Gasteiger partial charge in [0.15, 0.2) is 0 Å². The van der Waals surface area contributed by atoms with Crippen molar-refractivity contribution in [2.75, 3.05) is 13.1 Å². The van der Waals surface area contributed by atoms with Crippen LogP contribution in [0, 0.1) is 0 Å². The molecule has 2 heterocycles. The van der Waals surface area contributed by atoms with E-state index >= 15 is 0 Å². The Morgan fingerprint density at radius 3 is 2.89 bits per heavy atom. The maximum Gasteiger partial charge on any atom is 0.251 e. The minimum absolute atomic E-state index is 0.00829. The summed E-state index contributed by atoms with van der Waals surface area (Å²) in [7, 11) is 0. The molecule has 2 rings (SSSR count). The molecule has 0 spiro atoms. The first-order chi connectivity index (χ1) is 8.37. The Balaban J connectivity index is 2.08. The van der Waals surface area contributed by atoms with Crippen molar-refractivity contribution >= 4 is 21.8 Å². The van der Waals surface area contributed by atoms with E-state index in [1.165, 1.54) is 10.6 Å². The third kappa shape index (κ3) is 3.00. The number of amides is 1. The van der Waals surface area contributed by atoms with Gasteiger partial charge >= 0.3 is 0 Å². The van der Waals surface area contributed by atoms with Crippen LogP contribution in [0.4, 0.5) is 0 Å². The monoisotopic (exact) mass is 314 g/mol. The first-order valence-electron chi connectivity index (χ1n) is 5.73. The van der Waals surface area contributed by atoms with Crippen LogP contribution in [-0.4, -0.2) is 39.2 Å². The molecule has 0 aromatic carbocycles. The second kappa shape index (κ2) is 4.85. The van der Waals surface area contributed by atoms with E-state index in [2.05, 4.69) is 15.9 Å². The molecule has 0 radical (unpaired) electrons. The Labute approximate surface area is 113 Å². The number of aliphatic hydroxyl groups is 1. The molecular formula is C12H15BrN2O3. The topological polar surface area (TPSA) is 62.5 Å². The summed E-state index contributed by atoms with van der Waals surface area (Å²) < 4.78 is 2.11. The first kappa shape index (κ1) is 13.3. The molecule has 0 saturated carbocycles. The third-order valence-electron chi connectivity index (χ3n) is 3.06. The summed E-state index contributed by atoms with van der Waals surface area (Å²) in [6.45, 7) is 2.59. The molecule has 1 fully saturated rings. The highest BCUT2D eigenvalue weighted by Gasteiger charge is 2.33. The molecule has 0 bridgehead atoms. The zero-order chi connectivity index (χ0) is 13.3. The molecule has 1 aliphatic heterocycles. The summed E-state index contributed by atoms with van der Waals surface area (Å²) in [5.41, 5.74) is -1.02. The van der Waals surface area contributed by atoms with Crippen molar-refractivity contribution in [3.63, 3.8) is 0 Å². The van der Waals surface area contributed by atoms with Crippen LogP contribution in [0.3, 0.4) is 0 Å². The predicted molar refractivity (Wildman–Crippen MR) is 70.2 cm³/mol. The highest BCUT2D eigenvalue weighted by molar-refractivity contribution is 9.10. The van der Waals surface area contributed by atoms with Crippen LogP contribution in [0.5, 0.6) is 0 Å². The van der Waals surface area contributed by atoms with Gasteiger partial charge in [0.25, 0.3) is 5.56 Å². The van der Waals surface area contributed by atoms with Crippen LogP contribution in [0.25, 0.3) is 0 Å². The molecule has 1 saturated heterocycles. The number of likely N-dealkylation sites (tertiary alicyclic amines) is 1. The van der Waals surface area contributed by atoms with Crippen molar-refractivity contribution in [1.29, 1.82) is 0 Å². The number of β-amino-alcohol motifs (C(OH)–C–C–N with tert-alkyl or cyclic N) is 1. The van der Waals surface area contributed by atoms with E-state index in [4.69, 9.17) is 0 Å². The van der Waals surface area contributed by atoms with Crippen molar-refractivity contribution in [3.05, 3.63) is 33.2 Å². The van der Waals surface area contributed by atoms with Crippen LogP contribution >= 0.6 is 15.9 Å². The zero-order valence-corrected chi connectivity index (χ0v) is 11.7. The predicted octanol–water partition coefficient (Wildman–Crippen LogP) is 0.594. The second-order valence-electron chi connectivity index (χ2n) is 4.88. The lowest BCUT2D eigenvalue weighted by atomic mass is 10.1. The van der Waals surface area contributed by atoms with Crippen molar-refractivity contribution in [1.82, 2.24) is 9.47 Å². The normalized spacial score (nSPS) is 23.4. The number of halogens is 1. The Morgan fingerprint density at radius 2 is 2.28 bits per heavy atom. The van der Waals surface area contributed by atoms with Gasteiger partial charge in [-0.15, -0.1) is 0 Å². The van der Waals surface area contributed by atoms with Gasteiger partial charge in [-0.25, -0.2) is 0 Å². The van der Waals surface area contributed by atoms with Crippen molar-refractivity contribution in [3.8, 4) is 0 Å². The quantitative estimate of drug-likeness (QED) is 0.869. The average Bonchev–Trinajstić information content (AvgIpc) is 2.64. The number of pyridine rings is 1. The molecule has 98 valence electrons. The highest BCUT2D eigenvalue weighted by Crippen LogP contribution is 2.20. The van der Waals surface area contributed by atoms with E-state index in [9.17, 15) is 14.7 Å². The minimum Gasteiger partial charge on any atom is -0.388 e. The van der Waals surface area contributed by atoms with E-state index in [0.29, 0.717) is 19.5 Å². The molecule has 1 aromatic heterocycles. The van der Waals surface area contributed by atoms with E-state index in [0.717, 1.165) is 4.47 Å². The number of carbonyl (C=O) groups is 1. The summed E-state index contributed by atoms with van der Waals surface area (Å²) in [6, 6.07) is 3.06. The van der Waals surface area contributed by atoms with Crippen LogP contribution in [-0.2, 0) is 11.3 Å². The molecule has 0 aliphatic carbocycles. The Bertz CT molecular complexity index is 524. The lowest BCUT2D eigenvalue weighted by molar-refractivity contribution is -0.131. The van der Waals surface area contributed by atoms with E-state index in [1.807, 2.05) is 0 Å². The fourth-order valence-electron chi connectivity index (χ4n) is 2.03. The van der Waals surface area contributed by atoms with E-state index in [-0.39, 0.29) is 18.0 Å². The summed E-state index contributed by atoms with van der Waals surface area (Å²) in [6.07, 6.45) is 2.17. The van der Waals surface area contributed by atoms with Gasteiger partial charge in [0, 0.05) is 29.8 Å². The van der Waals surface area contributed by atoms with Crippen LogP contribution in [0.15, 0.2) is 27.6 Å². The van der Waals surface area contributed by atoms with Gasteiger partial charge < -0.3 is 14.6 Å². The Morgan fingerprint density at radius 1 is 1.56 bits per heavy atom. The van der Waals surface area contributed by atoms with Gasteiger partial charge in [-0.2, -0.15) is 0 Å². The third-order valence-corrected chi connectivity index (χ3v) is 3.53. The molecule has 1 aromatic rings. The van der Waals surface area contributed by atoms with Crippen LogP contribution in [0.2, 0.25) is 0 Å². The largest absolute Gasteiger partial charge is 0.388 e. The van der Waals surface area contributed by atoms with Gasteiger partial charge in [-0.1, -0.05) is 0 Å². The van der Waals surface area contributed by atoms with Gasteiger partial charge in [-0.05, 0) is 35.3 Å². The Hall–Kier alpha value is -1.14. The summed E-state index contributed by atoms with van der Waals surface area (Å²) in [4.78, 5) is 25.2. The molecule has 1 N–H and O–H groups in total. The van der Waals surface area contributed by atoms with Crippen molar-refractivity contribution in [2.24, 2.45) is 0 Å². The maximum absolute atomic E-state index is 12.0. The van der Waals surface area contributed by atoms with Gasteiger partial charge in [0.2, 0.25) is 5.91 Å². The maximum atomic E-state index is 12.0. The Kier molecular flexibility index (Phi) is 3.59. The smallest absolute Gasteiger partial charge is 0.251 e. The highest BCUT2D eigenvalue weighted by atomic mass is 79.9. The standard InChI is InChI=1S/C12H15BrN2O3/c1-12(18)4-5-14(8-12)11(17)7-15-6-9(13)2-3-10(15)16/h2-3,6,18H,4-5,7-8H2,1H3. The molecule has 18 heavy (non-hydrogen) atoms. The molecule has 6 heteroatoms. The van der Waals surface area contributed by atoms with E-state index in [1.54, 1.807) is 24.1 Å². The fourth-order valence-corrected chi connectivity index (χ4v) is 2.41. The SMILES string of the molecule is CC1(O)CCN(C(=O)Cn2cc(Br)ccc2=O)C1. The summed E-state index contributed by atoms with van der Waals surface area (Å²) >= 11 is 3.26. The van der Waals surface area contributed by atoms with Gasteiger partial charge in [-0.3, -0.25) is 9.59 Å². The van der Waals surface area contributed by atoms with Crippen LogP contribution in [0.1, 0.15) is 13.3 Å². The molecule has 1 amide bonds. The number of hydrogen-bond donors (Lipinski definition) is 1. The van der Waals surface area contributed by atoms with Gasteiger partial charge in [0.05, 0.1) is 5.60 Å². The number of nitrogens with zero attached hydrogens (tertiary/aromatic N) is 2. The molecule has 1 atom stereocenters. The number of aromatic nitrogens is 1. The minimum atomic E-state index is -0.808. The van der Waals surface area contributed by atoms with Crippen LogP contribution < -0.4 is 5.56 Å². The number of carbonyl (C=O) groups excluding carboxylic acids is 1. The molecule has 1 aliphatic rings. The second-order valence-corrected chi connectivity index (χ2v) is 5.79. The molecular weight excluding hydrogens is 300 g/mol. The fraction of sp³-hybridized carbons (Fsp3) is 0.500. The molecule has 5 nitrogen and oxygen atoms in total. The number of rotatable bonds is 2. The van der Waals surface area contributed by atoms with Crippen molar-refractivity contribution in [2.45, 2.75) is 25.5 Å². The first-order valence-corrected chi connectivity index (χ1v) is 6.53. The van der Waals surface area contributed by atoms with Gasteiger partial charge in [0.1, 0.15) is 6.54 Å². The van der Waals surface area contributed by atoms with E-state index < -0.39 is 5.60 Å². The summed E-state index contributed by atoms with van der Waals surface area (Å²) in [5.74, 6) is -0.145. The lowest BCUT2D eigenvalue weighted by Crippen LogP contribution is -2.37. The summed E-state index contributed by atoms with van der Waals surface area (Å²) in [5, 5.41) is 9.81. The lowest BCUT2D eigenvalue weighted by Gasteiger charge is -2.19. The number of hydrogen-bond acceptors (Lipinski definition) is 3. The average molecular weight is 315 g/mol. The zero-order valence-electron chi connectivity index (χ0n) is 10.1. The molecule has 1 unspecified atom stereocenters. The van der Waals surface area contributed by atoms with Crippen molar-refractivity contribution < 1.29 is 9.90 Å².